The van der Waals surface area contributed by atoms with Crippen LogP contribution in [0.2, 0.25) is 5.02 Å². The molecule has 0 spiro atoms. The summed E-state index contributed by atoms with van der Waals surface area (Å²) in [6.07, 6.45) is 0. The number of piperazine rings is 1. The van der Waals surface area contributed by atoms with Gasteiger partial charge in [0.2, 0.25) is 0 Å². The van der Waals surface area contributed by atoms with Gasteiger partial charge in [0.15, 0.2) is 5.78 Å². The van der Waals surface area contributed by atoms with Crippen LogP contribution in [0.3, 0.4) is 0 Å². The standard InChI is InChI=1S/C21H28ClN3O/c1-15(2)25-16(3)13-18(17(25)4)21(26)14-23-9-11-24(12-10-23)20-8-6-5-7-19(20)22/h5-8,13,15H,9-12,14H2,1-4H3. The van der Waals surface area contributed by atoms with Crippen molar-refractivity contribution in [3.05, 3.63) is 52.3 Å². The molecule has 0 unspecified atom stereocenters. The molecule has 4 nitrogen and oxygen atoms in total. The van der Waals surface area contributed by atoms with Crippen LogP contribution < -0.4 is 4.90 Å². The predicted octanol–water partition coefficient (Wildman–Crippen LogP) is 4.34. The highest BCUT2D eigenvalue weighted by atomic mass is 35.5. The summed E-state index contributed by atoms with van der Waals surface area (Å²) in [7, 11) is 0. The Morgan fingerprint density at radius 2 is 1.77 bits per heavy atom. The third-order valence-electron chi connectivity index (χ3n) is 5.23. The summed E-state index contributed by atoms with van der Waals surface area (Å²) in [5, 5.41) is 0.790. The first-order valence-electron chi connectivity index (χ1n) is 9.32. The quantitative estimate of drug-likeness (QED) is 0.730. The molecule has 0 N–H and O–H groups in total. The molecule has 1 aliphatic heterocycles. The number of benzene rings is 1. The maximum atomic E-state index is 12.8. The van der Waals surface area contributed by atoms with Crippen LogP contribution in [0.5, 0.6) is 0 Å². The lowest BCUT2D eigenvalue weighted by molar-refractivity contribution is 0.0925. The first-order valence-corrected chi connectivity index (χ1v) is 9.69. The Morgan fingerprint density at radius 1 is 1.12 bits per heavy atom. The van der Waals surface area contributed by atoms with Crippen molar-refractivity contribution in [3.63, 3.8) is 0 Å². The van der Waals surface area contributed by atoms with Crippen LogP contribution in [0, 0.1) is 13.8 Å². The van der Waals surface area contributed by atoms with E-state index in [2.05, 4.69) is 48.1 Å². The number of carbonyl (C=O) groups is 1. The molecular formula is C21H28ClN3O. The van der Waals surface area contributed by atoms with E-state index in [1.807, 2.05) is 24.3 Å². The molecule has 0 radical (unpaired) electrons. The molecule has 3 rings (SSSR count). The highest BCUT2D eigenvalue weighted by Crippen LogP contribution is 2.26. The summed E-state index contributed by atoms with van der Waals surface area (Å²) in [4.78, 5) is 17.4. The van der Waals surface area contributed by atoms with E-state index >= 15 is 0 Å². The van der Waals surface area contributed by atoms with Crippen molar-refractivity contribution in [2.24, 2.45) is 0 Å². The number of aromatic nitrogens is 1. The fraction of sp³-hybridized carbons (Fsp3) is 0.476. The van der Waals surface area contributed by atoms with Gasteiger partial charge < -0.3 is 9.47 Å². The Kier molecular flexibility index (Phi) is 5.73. The second-order valence-corrected chi connectivity index (χ2v) is 7.79. The molecule has 0 aliphatic carbocycles. The van der Waals surface area contributed by atoms with E-state index in [9.17, 15) is 4.79 Å². The van der Waals surface area contributed by atoms with Crippen LogP contribution in [-0.4, -0.2) is 48.0 Å². The molecule has 1 aromatic heterocycles. The van der Waals surface area contributed by atoms with E-state index in [0.717, 1.165) is 53.8 Å². The van der Waals surface area contributed by atoms with Gasteiger partial charge in [-0.3, -0.25) is 9.69 Å². The first-order chi connectivity index (χ1) is 12.4. The largest absolute Gasteiger partial charge is 0.368 e. The lowest BCUT2D eigenvalue weighted by atomic mass is 10.1. The summed E-state index contributed by atoms with van der Waals surface area (Å²) < 4.78 is 2.24. The minimum Gasteiger partial charge on any atom is -0.368 e. The SMILES string of the molecule is Cc1cc(C(=O)CN2CCN(c3ccccc3Cl)CC2)c(C)n1C(C)C. The Bertz CT molecular complexity index is 789. The van der Waals surface area contributed by atoms with Gasteiger partial charge in [-0.25, -0.2) is 0 Å². The van der Waals surface area contributed by atoms with Crippen LogP contribution in [0.4, 0.5) is 5.69 Å². The number of hydrogen-bond acceptors (Lipinski definition) is 3. The third-order valence-corrected chi connectivity index (χ3v) is 5.55. The smallest absolute Gasteiger partial charge is 0.178 e. The number of carbonyl (C=O) groups excluding carboxylic acids is 1. The van der Waals surface area contributed by atoms with Crippen LogP contribution in [0.25, 0.3) is 0 Å². The second-order valence-electron chi connectivity index (χ2n) is 7.39. The molecule has 5 heteroatoms. The number of Topliss-reactive ketones (excluding diaryl/α,β-unsaturated/α-hetero) is 1. The molecule has 0 atom stereocenters. The number of anilines is 1. The van der Waals surface area contributed by atoms with E-state index in [1.54, 1.807) is 0 Å². The minimum atomic E-state index is 0.219. The maximum Gasteiger partial charge on any atom is 0.178 e. The number of rotatable bonds is 5. The molecule has 1 aliphatic rings. The molecule has 2 aromatic rings. The molecule has 1 saturated heterocycles. The van der Waals surface area contributed by atoms with Gasteiger partial charge in [0.1, 0.15) is 0 Å². The van der Waals surface area contributed by atoms with Gasteiger partial charge in [0.05, 0.1) is 17.3 Å². The van der Waals surface area contributed by atoms with Crippen molar-refractivity contribution >= 4 is 23.1 Å². The predicted molar refractivity (Wildman–Crippen MR) is 109 cm³/mol. The van der Waals surface area contributed by atoms with Gasteiger partial charge in [0.25, 0.3) is 0 Å². The molecule has 26 heavy (non-hydrogen) atoms. The van der Waals surface area contributed by atoms with Gasteiger partial charge in [-0.15, -0.1) is 0 Å². The van der Waals surface area contributed by atoms with Crippen molar-refractivity contribution in [3.8, 4) is 0 Å². The van der Waals surface area contributed by atoms with Crippen molar-refractivity contribution in [2.45, 2.75) is 33.7 Å². The monoisotopic (exact) mass is 373 g/mol. The maximum absolute atomic E-state index is 12.8. The molecule has 0 saturated carbocycles. The van der Waals surface area contributed by atoms with E-state index in [0.29, 0.717) is 12.6 Å². The zero-order valence-corrected chi connectivity index (χ0v) is 16.9. The molecule has 0 bridgehead atoms. The first kappa shape index (κ1) is 19.0. The fourth-order valence-electron chi connectivity index (χ4n) is 4.00. The van der Waals surface area contributed by atoms with E-state index in [1.165, 1.54) is 0 Å². The number of hydrogen-bond donors (Lipinski definition) is 0. The summed E-state index contributed by atoms with van der Waals surface area (Å²) in [6.45, 7) is 12.5. The van der Waals surface area contributed by atoms with Gasteiger partial charge in [-0.1, -0.05) is 23.7 Å². The van der Waals surface area contributed by atoms with E-state index in [-0.39, 0.29) is 5.78 Å². The average molecular weight is 374 g/mol. The zero-order valence-electron chi connectivity index (χ0n) is 16.1. The van der Waals surface area contributed by atoms with Gasteiger partial charge >= 0.3 is 0 Å². The molecular weight excluding hydrogens is 346 g/mol. The minimum absolute atomic E-state index is 0.219. The molecule has 1 aromatic carbocycles. The number of para-hydroxylation sites is 1. The van der Waals surface area contributed by atoms with Crippen molar-refractivity contribution in [1.82, 2.24) is 9.47 Å². The Balaban J connectivity index is 1.62. The van der Waals surface area contributed by atoms with Crippen LogP contribution in [0.15, 0.2) is 30.3 Å². The summed E-state index contributed by atoms with van der Waals surface area (Å²) in [5.41, 5.74) is 4.19. The van der Waals surface area contributed by atoms with Crippen LogP contribution >= 0.6 is 11.6 Å². The van der Waals surface area contributed by atoms with E-state index in [4.69, 9.17) is 11.6 Å². The molecule has 140 valence electrons. The van der Waals surface area contributed by atoms with Gasteiger partial charge in [-0.05, 0) is 45.9 Å². The van der Waals surface area contributed by atoms with Crippen LogP contribution in [-0.2, 0) is 0 Å². The summed E-state index contributed by atoms with van der Waals surface area (Å²) in [6, 6.07) is 10.4. The topological polar surface area (TPSA) is 28.5 Å². The average Bonchev–Trinajstić information content (AvgIpc) is 2.91. The Labute approximate surface area is 161 Å². The fourth-order valence-corrected chi connectivity index (χ4v) is 4.25. The lowest BCUT2D eigenvalue weighted by Crippen LogP contribution is -2.48. The molecule has 0 amide bonds. The Morgan fingerprint density at radius 3 is 2.35 bits per heavy atom. The number of aryl methyl sites for hydroxylation is 1. The second kappa shape index (κ2) is 7.85. The van der Waals surface area contributed by atoms with Crippen molar-refractivity contribution in [1.29, 1.82) is 0 Å². The van der Waals surface area contributed by atoms with Crippen molar-refractivity contribution < 1.29 is 4.79 Å². The van der Waals surface area contributed by atoms with Crippen LogP contribution in [0.1, 0.15) is 41.6 Å². The highest BCUT2D eigenvalue weighted by Gasteiger charge is 2.23. The molecule has 2 heterocycles. The zero-order chi connectivity index (χ0) is 18.8. The summed E-state index contributed by atoms with van der Waals surface area (Å²) in [5.74, 6) is 0.219. The van der Waals surface area contributed by atoms with Gasteiger partial charge in [-0.2, -0.15) is 0 Å². The number of ketones is 1. The lowest BCUT2D eigenvalue weighted by Gasteiger charge is -2.36. The normalized spacial score (nSPS) is 15.7. The number of nitrogens with zero attached hydrogens (tertiary/aromatic N) is 3. The molecule has 1 fully saturated rings. The van der Waals surface area contributed by atoms with Crippen molar-refractivity contribution in [2.75, 3.05) is 37.6 Å². The number of halogens is 1. The Hall–Kier alpha value is -1.78. The van der Waals surface area contributed by atoms with E-state index < -0.39 is 0 Å². The summed E-state index contributed by atoms with van der Waals surface area (Å²) >= 11 is 6.31. The third kappa shape index (κ3) is 3.81. The van der Waals surface area contributed by atoms with Gasteiger partial charge in [0, 0.05) is 49.2 Å². The highest BCUT2D eigenvalue weighted by molar-refractivity contribution is 6.33.